The highest BCUT2D eigenvalue weighted by Gasteiger charge is 2.11. The minimum atomic E-state index is -1.33. The van der Waals surface area contributed by atoms with E-state index in [0.29, 0.717) is 6.16 Å². The molecule has 0 N–H and O–H groups in total. The van der Waals surface area contributed by atoms with Crippen LogP contribution in [0.25, 0.3) is 0 Å². The molecule has 0 rings (SSSR count). The van der Waals surface area contributed by atoms with Crippen LogP contribution in [-0.2, 0) is 9.09 Å². The maximum atomic E-state index is 10.5. The quantitative estimate of drug-likeness (QED) is 0.458. The van der Waals surface area contributed by atoms with Crippen molar-refractivity contribution < 1.29 is 9.09 Å². The zero-order valence-corrected chi connectivity index (χ0v) is 6.28. The van der Waals surface area contributed by atoms with Crippen molar-refractivity contribution in [2.75, 3.05) is 13.3 Å². The molecule has 0 saturated carbocycles. The van der Waals surface area contributed by atoms with Gasteiger partial charge >= 0.3 is 8.03 Å². The van der Waals surface area contributed by atoms with Gasteiger partial charge in [-0.15, -0.1) is 4.52 Å². The van der Waals surface area contributed by atoms with E-state index in [1.807, 2.05) is 0 Å². The van der Waals surface area contributed by atoms with E-state index in [9.17, 15) is 4.57 Å². The van der Waals surface area contributed by atoms with E-state index in [4.69, 9.17) is 0 Å². The summed E-state index contributed by atoms with van der Waals surface area (Å²) >= 11 is 0. The Morgan fingerprint density at radius 2 is 2.11 bits per heavy atom. The van der Waals surface area contributed by atoms with Crippen LogP contribution in [0.15, 0.2) is 0 Å². The minimum Gasteiger partial charge on any atom is -0.150 e. The van der Waals surface area contributed by atoms with Gasteiger partial charge < -0.3 is 0 Å². The zero-order chi connectivity index (χ0) is 6.41. The van der Waals surface area contributed by atoms with Crippen LogP contribution in [0.5, 0.6) is 0 Å². The molecule has 0 aliphatic heterocycles. The monoisotopic (exact) mass is 165 g/mol. The second-order valence-corrected chi connectivity index (χ2v) is 3.07. The molecule has 9 heavy (non-hydrogen) atoms. The van der Waals surface area contributed by atoms with Crippen LogP contribution in [0.4, 0.5) is 0 Å². The van der Waals surface area contributed by atoms with Gasteiger partial charge in [-0.05, 0) is 11.0 Å². The average molecular weight is 165 g/mol. The molecule has 0 radical (unpaired) electrons. The molecule has 1 unspecified atom stereocenters. The van der Waals surface area contributed by atoms with Crippen molar-refractivity contribution in [3.05, 3.63) is 0 Å². The molecule has 2 nitrogen and oxygen atoms in total. The van der Waals surface area contributed by atoms with Crippen LogP contribution in [0.2, 0.25) is 0 Å². The summed E-state index contributed by atoms with van der Waals surface area (Å²) in [5.74, 6) is 0. The van der Waals surface area contributed by atoms with Crippen LogP contribution < -0.4 is 0 Å². The van der Waals surface area contributed by atoms with Gasteiger partial charge in [0, 0.05) is 0 Å². The highest BCUT2D eigenvalue weighted by molar-refractivity contribution is 7.39. The molecule has 0 saturated heterocycles. The van der Waals surface area contributed by atoms with E-state index >= 15 is 0 Å². The summed E-state index contributed by atoms with van der Waals surface area (Å²) < 4.78 is 15.1. The fourth-order valence-corrected chi connectivity index (χ4v) is 1.14. The molecule has 0 fully saturated rings. The van der Waals surface area contributed by atoms with Crippen LogP contribution >= 0.6 is 8.03 Å². The van der Waals surface area contributed by atoms with Gasteiger partial charge in [0.25, 0.3) is 0 Å². The van der Waals surface area contributed by atoms with Crippen molar-refractivity contribution in [3.8, 4) is 0 Å². The second-order valence-electron chi connectivity index (χ2n) is 1.59. The number of hydrogen-bond donors (Lipinski definition) is 0. The van der Waals surface area contributed by atoms with Crippen molar-refractivity contribution in [1.82, 2.24) is 0 Å². The molecule has 0 aliphatic carbocycles. The molecule has 0 aromatic rings. The van der Waals surface area contributed by atoms with Gasteiger partial charge in [-0.1, -0.05) is 13.3 Å². The van der Waals surface area contributed by atoms with Crippen LogP contribution in [-0.4, -0.2) is 30.6 Å². The third kappa shape index (κ3) is 8.59. The predicted molar refractivity (Wildman–Crippen MR) is 44.3 cm³/mol. The lowest BCUT2D eigenvalue weighted by Crippen LogP contribution is -1.77. The molecular weight excluding hydrogens is 150 g/mol. The molecule has 0 aromatic heterocycles. The number of rotatable bonds is 4. The first-order valence-electron chi connectivity index (χ1n) is 2.80. The summed E-state index contributed by atoms with van der Waals surface area (Å²) in [5, 5.41) is 0. The predicted octanol–water partition coefficient (Wildman–Crippen LogP) is 0.991. The molecule has 0 heterocycles. The summed E-state index contributed by atoms with van der Waals surface area (Å²) in [6.45, 7) is 2.07. The van der Waals surface area contributed by atoms with Crippen molar-refractivity contribution in [3.63, 3.8) is 0 Å². The SMILES string of the molecule is CCCC[P+](=O)OC.[AlH3]. The minimum absolute atomic E-state index is 0. The highest BCUT2D eigenvalue weighted by Crippen LogP contribution is 2.21. The summed E-state index contributed by atoms with van der Waals surface area (Å²) in [7, 11) is 0.146. The summed E-state index contributed by atoms with van der Waals surface area (Å²) in [6.07, 6.45) is 2.80. The Kier molecular flexibility index (Phi) is 11.7. The van der Waals surface area contributed by atoms with Gasteiger partial charge in [-0.2, -0.15) is 0 Å². The Morgan fingerprint density at radius 3 is 2.44 bits per heavy atom. The Balaban J connectivity index is 0. The van der Waals surface area contributed by atoms with E-state index in [1.165, 1.54) is 7.11 Å². The molecule has 0 bridgehead atoms. The van der Waals surface area contributed by atoms with Crippen LogP contribution in [0.3, 0.4) is 0 Å². The van der Waals surface area contributed by atoms with Gasteiger partial charge in [-0.3, -0.25) is 0 Å². The third-order valence-electron chi connectivity index (χ3n) is 0.898. The molecule has 54 valence electrons. The normalized spacial score (nSPS) is 10.2. The van der Waals surface area contributed by atoms with Crippen LogP contribution in [0.1, 0.15) is 19.8 Å². The fourth-order valence-electron chi connectivity index (χ4n) is 0.379. The summed E-state index contributed by atoms with van der Waals surface area (Å²) in [5.41, 5.74) is 0. The zero-order valence-electron chi connectivity index (χ0n) is 5.39. The Labute approximate surface area is 68.0 Å². The van der Waals surface area contributed by atoms with Crippen molar-refractivity contribution in [2.45, 2.75) is 19.8 Å². The molecule has 4 heteroatoms. The first-order chi connectivity index (χ1) is 3.81. The van der Waals surface area contributed by atoms with E-state index in [1.54, 1.807) is 0 Å². The molecular formula is C5H15AlO2P+. The maximum Gasteiger partial charge on any atom is 0.507 e. The first-order valence-corrected chi connectivity index (χ1v) is 4.16. The smallest absolute Gasteiger partial charge is 0.150 e. The van der Waals surface area contributed by atoms with Crippen molar-refractivity contribution in [2.24, 2.45) is 0 Å². The van der Waals surface area contributed by atoms with Gasteiger partial charge in [0.1, 0.15) is 0 Å². The van der Waals surface area contributed by atoms with Crippen molar-refractivity contribution in [1.29, 1.82) is 0 Å². The van der Waals surface area contributed by atoms with E-state index in [0.717, 1.165) is 12.8 Å². The van der Waals surface area contributed by atoms with Gasteiger partial charge in [0.05, 0.1) is 7.11 Å². The Morgan fingerprint density at radius 1 is 1.56 bits per heavy atom. The highest BCUT2D eigenvalue weighted by atomic mass is 31.1. The van der Waals surface area contributed by atoms with Gasteiger partial charge in [0.15, 0.2) is 23.5 Å². The van der Waals surface area contributed by atoms with E-state index < -0.39 is 8.03 Å². The maximum absolute atomic E-state index is 10.5. The molecule has 1 atom stereocenters. The first kappa shape index (κ1) is 12.3. The van der Waals surface area contributed by atoms with Crippen LogP contribution in [0, 0.1) is 0 Å². The molecule has 0 aliphatic rings. The van der Waals surface area contributed by atoms with Gasteiger partial charge in [-0.25, -0.2) is 0 Å². The third-order valence-corrected chi connectivity index (χ3v) is 1.99. The molecule has 0 amide bonds. The molecule has 0 aromatic carbocycles. The molecule has 0 spiro atoms. The lowest BCUT2D eigenvalue weighted by molar-refractivity contribution is 0.413. The lowest BCUT2D eigenvalue weighted by atomic mass is 10.4. The second kappa shape index (κ2) is 8.59. The Hall–Kier alpha value is 0.592. The van der Waals surface area contributed by atoms with Gasteiger partial charge in [0.2, 0.25) is 0 Å². The fraction of sp³-hybridized carbons (Fsp3) is 1.00. The number of unbranched alkanes of at least 4 members (excludes halogenated alkanes) is 1. The summed E-state index contributed by atoms with van der Waals surface area (Å²) in [6, 6.07) is 0. The topological polar surface area (TPSA) is 26.3 Å². The number of hydrogen-bond acceptors (Lipinski definition) is 2. The van der Waals surface area contributed by atoms with E-state index in [2.05, 4.69) is 11.4 Å². The Bertz CT molecular complexity index is 77.4. The van der Waals surface area contributed by atoms with E-state index in [-0.39, 0.29) is 17.4 Å². The van der Waals surface area contributed by atoms with Crippen molar-refractivity contribution >= 4 is 25.4 Å². The lowest BCUT2D eigenvalue weighted by Gasteiger charge is -1.79. The average Bonchev–Trinajstić information content (AvgIpc) is 1.83. The largest absolute Gasteiger partial charge is 0.507 e. The standard InChI is InChI=1S/C5H12O2P.Al.3H/c1-3-4-5-8(6)7-2;;;;/h3-5H2,1-2H3;;;;/q+1;;;;. The summed E-state index contributed by atoms with van der Waals surface area (Å²) in [4.78, 5) is 0.